The number of esters is 1. The summed E-state index contributed by atoms with van der Waals surface area (Å²) in [6, 6.07) is 3.27. The van der Waals surface area contributed by atoms with Crippen LogP contribution in [0.3, 0.4) is 0 Å². The van der Waals surface area contributed by atoms with E-state index in [-0.39, 0.29) is 0 Å². The van der Waals surface area contributed by atoms with Gasteiger partial charge in [-0.05, 0) is 32.9 Å². The molecule has 0 N–H and O–H groups in total. The molecule has 0 fully saturated rings. The van der Waals surface area contributed by atoms with Crippen molar-refractivity contribution in [2.24, 2.45) is 0 Å². The van der Waals surface area contributed by atoms with Gasteiger partial charge >= 0.3 is 5.97 Å². The lowest BCUT2D eigenvalue weighted by Gasteiger charge is -2.10. The maximum absolute atomic E-state index is 11.6. The van der Waals surface area contributed by atoms with Crippen molar-refractivity contribution in [2.75, 3.05) is 6.61 Å². The number of carbonyl (C=O) groups is 1. The minimum absolute atomic E-state index is 0.297. The minimum atomic E-state index is -0.464. The molecule has 0 bridgehead atoms. The zero-order valence-electron chi connectivity index (χ0n) is 8.90. The molecular weight excluding hydrogens is 194 g/mol. The summed E-state index contributed by atoms with van der Waals surface area (Å²) in [5.41, 5.74) is 0.329. The van der Waals surface area contributed by atoms with Crippen molar-refractivity contribution in [1.82, 2.24) is 4.98 Å². The first-order valence-electron chi connectivity index (χ1n) is 4.77. The van der Waals surface area contributed by atoms with Crippen LogP contribution in [0, 0.1) is 6.92 Å². The molecule has 81 valence electrons. The quantitative estimate of drug-likeness (QED) is 0.708. The van der Waals surface area contributed by atoms with Crippen molar-refractivity contribution < 1.29 is 14.3 Å². The van der Waals surface area contributed by atoms with Gasteiger partial charge in [0, 0.05) is 6.20 Å². The molecule has 15 heavy (non-hydrogen) atoms. The molecule has 0 unspecified atom stereocenters. The third-order valence-electron chi connectivity index (χ3n) is 1.58. The zero-order valence-corrected chi connectivity index (χ0v) is 8.90. The second-order valence-electron chi connectivity index (χ2n) is 3.01. The Labute approximate surface area is 89.2 Å². The average molecular weight is 208 g/mol. The van der Waals surface area contributed by atoms with Crippen molar-refractivity contribution in [3.05, 3.63) is 30.8 Å². The van der Waals surface area contributed by atoms with Gasteiger partial charge in [-0.15, -0.1) is 0 Å². The summed E-state index contributed by atoms with van der Waals surface area (Å²) in [4.78, 5) is 15.5. The second kappa shape index (κ2) is 5.34. The molecular formula is C11H14NO3. The molecule has 0 aliphatic rings. The number of ether oxygens (including phenoxy) is 2. The molecule has 0 saturated carbocycles. The molecule has 0 aromatic carbocycles. The molecule has 1 rings (SSSR count). The summed E-state index contributed by atoms with van der Waals surface area (Å²) in [5.74, 6) is -0.167. The largest absolute Gasteiger partial charge is 0.477 e. The van der Waals surface area contributed by atoms with Crippen molar-refractivity contribution in [2.45, 2.75) is 20.0 Å². The predicted molar refractivity (Wildman–Crippen MR) is 55.6 cm³/mol. The van der Waals surface area contributed by atoms with Crippen LogP contribution in [0.2, 0.25) is 0 Å². The monoisotopic (exact) mass is 208 g/mol. The standard InChI is InChI=1S/C11H14NO3/c1-4-14-10-9(6-5-7-12-10)11(13)15-8(2)3/h5-8H,2,4H2,1,3H3/t8-/m0/s1. The van der Waals surface area contributed by atoms with Crippen LogP contribution in [0.1, 0.15) is 24.2 Å². The maximum atomic E-state index is 11.6. The highest BCUT2D eigenvalue weighted by atomic mass is 16.5. The van der Waals surface area contributed by atoms with Crippen LogP contribution in [0.5, 0.6) is 5.88 Å². The van der Waals surface area contributed by atoms with Gasteiger partial charge in [0.1, 0.15) is 5.56 Å². The lowest BCUT2D eigenvalue weighted by molar-refractivity contribution is 0.0415. The van der Waals surface area contributed by atoms with Gasteiger partial charge in [0.25, 0.3) is 0 Å². The average Bonchev–Trinajstić information content (AvgIpc) is 2.18. The molecule has 0 aliphatic carbocycles. The van der Waals surface area contributed by atoms with Gasteiger partial charge in [-0.2, -0.15) is 0 Å². The van der Waals surface area contributed by atoms with E-state index in [1.165, 1.54) is 0 Å². The van der Waals surface area contributed by atoms with Gasteiger partial charge in [-0.25, -0.2) is 9.78 Å². The van der Waals surface area contributed by atoms with Crippen LogP contribution in [-0.2, 0) is 4.74 Å². The molecule has 1 atom stereocenters. The van der Waals surface area contributed by atoms with Crippen molar-refractivity contribution in [3.63, 3.8) is 0 Å². The number of rotatable bonds is 4. The van der Waals surface area contributed by atoms with Gasteiger partial charge in [0.05, 0.1) is 12.7 Å². The Morgan fingerprint density at radius 3 is 3.00 bits per heavy atom. The Morgan fingerprint density at radius 1 is 1.67 bits per heavy atom. The highest BCUT2D eigenvalue weighted by molar-refractivity contribution is 5.91. The lowest BCUT2D eigenvalue weighted by Crippen LogP contribution is -2.13. The normalized spacial score (nSPS) is 10.1. The van der Waals surface area contributed by atoms with Gasteiger partial charge in [-0.1, -0.05) is 0 Å². The Bertz CT molecular complexity index is 336. The van der Waals surface area contributed by atoms with Gasteiger partial charge in [0.15, 0.2) is 0 Å². The van der Waals surface area contributed by atoms with E-state index in [1.54, 1.807) is 25.3 Å². The summed E-state index contributed by atoms with van der Waals surface area (Å²) >= 11 is 0. The molecule has 1 aromatic rings. The van der Waals surface area contributed by atoms with E-state index < -0.39 is 12.1 Å². The fourth-order valence-electron chi connectivity index (χ4n) is 1.04. The van der Waals surface area contributed by atoms with Crippen molar-refractivity contribution in [3.8, 4) is 5.88 Å². The van der Waals surface area contributed by atoms with E-state index in [1.807, 2.05) is 6.92 Å². The second-order valence-corrected chi connectivity index (χ2v) is 3.01. The van der Waals surface area contributed by atoms with Gasteiger partial charge in [-0.3, -0.25) is 0 Å². The van der Waals surface area contributed by atoms with Gasteiger partial charge in [0.2, 0.25) is 5.88 Å². The molecule has 1 heterocycles. The number of aromatic nitrogens is 1. The Morgan fingerprint density at radius 2 is 2.40 bits per heavy atom. The summed E-state index contributed by atoms with van der Waals surface area (Å²) in [7, 11) is 0. The fourth-order valence-corrected chi connectivity index (χ4v) is 1.04. The number of nitrogens with zero attached hydrogens (tertiary/aromatic N) is 1. The third-order valence-corrected chi connectivity index (χ3v) is 1.58. The minimum Gasteiger partial charge on any atom is -0.477 e. The van der Waals surface area contributed by atoms with E-state index in [2.05, 4.69) is 11.9 Å². The van der Waals surface area contributed by atoms with Crippen LogP contribution < -0.4 is 4.74 Å². The van der Waals surface area contributed by atoms with E-state index in [4.69, 9.17) is 9.47 Å². The van der Waals surface area contributed by atoms with E-state index in [9.17, 15) is 4.79 Å². The number of carbonyl (C=O) groups excluding carboxylic acids is 1. The molecule has 4 heteroatoms. The van der Waals surface area contributed by atoms with Crippen molar-refractivity contribution >= 4 is 5.97 Å². The molecule has 0 aliphatic heterocycles. The number of hydrogen-bond donors (Lipinski definition) is 0. The first-order valence-corrected chi connectivity index (χ1v) is 4.77. The first-order chi connectivity index (χ1) is 7.15. The smallest absolute Gasteiger partial charge is 0.343 e. The fraction of sp³-hybridized carbons (Fsp3) is 0.364. The summed E-state index contributed by atoms with van der Waals surface area (Å²) in [5, 5.41) is 0. The first kappa shape index (κ1) is 11.5. The maximum Gasteiger partial charge on any atom is 0.343 e. The predicted octanol–water partition coefficient (Wildman–Crippen LogP) is 1.86. The van der Waals surface area contributed by atoms with Gasteiger partial charge < -0.3 is 9.47 Å². The Hall–Kier alpha value is -1.58. The molecule has 1 aromatic heterocycles. The molecule has 0 spiro atoms. The van der Waals surface area contributed by atoms with Crippen LogP contribution in [-0.4, -0.2) is 23.7 Å². The van der Waals surface area contributed by atoms with Crippen LogP contribution in [0.4, 0.5) is 0 Å². The zero-order chi connectivity index (χ0) is 11.3. The molecule has 0 saturated heterocycles. The lowest BCUT2D eigenvalue weighted by atomic mass is 10.3. The topological polar surface area (TPSA) is 48.4 Å². The Kier molecular flexibility index (Phi) is 4.09. The summed E-state index contributed by atoms with van der Waals surface area (Å²) < 4.78 is 10.2. The van der Waals surface area contributed by atoms with E-state index >= 15 is 0 Å². The molecule has 4 nitrogen and oxygen atoms in total. The summed E-state index contributed by atoms with van der Waals surface area (Å²) in [6.45, 7) is 7.55. The highest BCUT2D eigenvalue weighted by Crippen LogP contribution is 2.15. The van der Waals surface area contributed by atoms with Crippen molar-refractivity contribution in [1.29, 1.82) is 0 Å². The van der Waals surface area contributed by atoms with Crippen LogP contribution >= 0.6 is 0 Å². The highest BCUT2D eigenvalue weighted by Gasteiger charge is 2.15. The third kappa shape index (κ3) is 3.23. The molecule has 1 radical (unpaired) electrons. The summed E-state index contributed by atoms with van der Waals surface area (Å²) in [6.07, 6.45) is 1.17. The van der Waals surface area contributed by atoms with Crippen LogP contribution in [0.15, 0.2) is 18.3 Å². The van der Waals surface area contributed by atoms with Crippen LogP contribution in [0.25, 0.3) is 0 Å². The number of pyridine rings is 1. The van der Waals surface area contributed by atoms with E-state index in [0.717, 1.165) is 0 Å². The van der Waals surface area contributed by atoms with E-state index in [0.29, 0.717) is 18.1 Å². The SMILES string of the molecule is [CH2][C@@H](C)OC(=O)c1cccnc1OCC. The molecule has 0 amide bonds. The Balaban J connectivity index is 2.87. The number of hydrogen-bond acceptors (Lipinski definition) is 4.